The smallest absolute Gasteiger partial charge is 0.0763 e. The highest BCUT2D eigenvalue weighted by atomic mass is 16.5. The molecule has 3 N–H and O–H groups in total. The molecule has 1 heterocycles. The third kappa shape index (κ3) is 5.47. The van der Waals surface area contributed by atoms with Crippen LogP contribution in [0.1, 0.15) is 26.2 Å². The van der Waals surface area contributed by atoms with Crippen molar-refractivity contribution in [2.75, 3.05) is 33.0 Å². The van der Waals surface area contributed by atoms with E-state index in [1.165, 1.54) is 0 Å². The molecule has 0 radical (unpaired) electrons. The summed E-state index contributed by atoms with van der Waals surface area (Å²) in [5, 5.41) is 9.64. The molecule has 1 rings (SSSR count). The van der Waals surface area contributed by atoms with Crippen LogP contribution in [0, 0.1) is 5.92 Å². The molecule has 0 amide bonds. The van der Waals surface area contributed by atoms with E-state index in [2.05, 4.69) is 0 Å². The van der Waals surface area contributed by atoms with E-state index in [9.17, 15) is 5.11 Å². The van der Waals surface area contributed by atoms with Crippen molar-refractivity contribution >= 4 is 0 Å². The molecule has 0 bridgehead atoms. The van der Waals surface area contributed by atoms with E-state index in [1.807, 2.05) is 0 Å². The third-order valence-corrected chi connectivity index (χ3v) is 2.92. The summed E-state index contributed by atoms with van der Waals surface area (Å²) < 4.78 is 10.8. The second kappa shape index (κ2) is 6.43. The highest BCUT2D eigenvalue weighted by molar-refractivity contribution is 4.72. The summed E-state index contributed by atoms with van der Waals surface area (Å²) >= 11 is 0. The number of aliphatic hydroxyl groups is 1. The number of hydrogen-bond acceptors (Lipinski definition) is 4. The van der Waals surface area contributed by atoms with E-state index in [4.69, 9.17) is 15.2 Å². The van der Waals surface area contributed by atoms with E-state index in [0.29, 0.717) is 18.9 Å². The lowest BCUT2D eigenvalue weighted by molar-refractivity contribution is -0.00712. The van der Waals surface area contributed by atoms with Crippen LogP contribution in [-0.2, 0) is 9.47 Å². The Kier molecular flexibility index (Phi) is 5.53. The lowest BCUT2D eigenvalue weighted by Crippen LogP contribution is -2.35. The van der Waals surface area contributed by atoms with Gasteiger partial charge in [0.1, 0.15) is 0 Å². The first-order chi connectivity index (χ1) is 7.14. The second-order valence-electron chi connectivity index (χ2n) is 4.58. The average Bonchev–Trinajstić information content (AvgIpc) is 2.26. The van der Waals surface area contributed by atoms with E-state index >= 15 is 0 Å². The van der Waals surface area contributed by atoms with Gasteiger partial charge >= 0.3 is 0 Å². The van der Waals surface area contributed by atoms with E-state index in [0.717, 1.165) is 32.7 Å². The number of nitrogens with two attached hydrogens (primary N) is 1. The molecule has 0 aromatic heterocycles. The summed E-state index contributed by atoms with van der Waals surface area (Å²) in [4.78, 5) is 0. The Morgan fingerprint density at radius 1 is 1.47 bits per heavy atom. The quantitative estimate of drug-likeness (QED) is 0.637. The maximum absolute atomic E-state index is 9.64. The minimum atomic E-state index is -0.782. The average molecular weight is 217 g/mol. The van der Waals surface area contributed by atoms with E-state index < -0.39 is 5.60 Å². The summed E-state index contributed by atoms with van der Waals surface area (Å²) in [7, 11) is 0. The fraction of sp³-hybridized carbons (Fsp3) is 1.00. The maximum Gasteiger partial charge on any atom is 0.0763 e. The Morgan fingerprint density at radius 2 is 2.13 bits per heavy atom. The van der Waals surface area contributed by atoms with E-state index in [-0.39, 0.29) is 6.54 Å². The van der Waals surface area contributed by atoms with Crippen LogP contribution >= 0.6 is 0 Å². The Morgan fingerprint density at radius 3 is 2.73 bits per heavy atom. The first kappa shape index (κ1) is 12.9. The lowest BCUT2D eigenvalue weighted by atomic mass is 10.0. The highest BCUT2D eigenvalue weighted by Gasteiger charge is 2.18. The molecule has 1 unspecified atom stereocenters. The van der Waals surface area contributed by atoms with Crippen molar-refractivity contribution in [3.05, 3.63) is 0 Å². The van der Waals surface area contributed by atoms with Crippen molar-refractivity contribution in [2.24, 2.45) is 11.7 Å². The third-order valence-electron chi connectivity index (χ3n) is 2.92. The van der Waals surface area contributed by atoms with Gasteiger partial charge in [-0.05, 0) is 25.7 Å². The summed E-state index contributed by atoms with van der Waals surface area (Å²) in [6.45, 7) is 5.10. The Bertz CT molecular complexity index is 167. The van der Waals surface area contributed by atoms with Crippen molar-refractivity contribution < 1.29 is 14.6 Å². The topological polar surface area (TPSA) is 64.7 Å². The fourth-order valence-corrected chi connectivity index (χ4v) is 1.56. The first-order valence-corrected chi connectivity index (χ1v) is 5.72. The van der Waals surface area contributed by atoms with Gasteiger partial charge < -0.3 is 20.3 Å². The molecule has 90 valence electrons. The molecule has 0 spiro atoms. The summed E-state index contributed by atoms with van der Waals surface area (Å²) in [5.74, 6) is 0.626. The monoisotopic (exact) mass is 217 g/mol. The Hall–Kier alpha value is -0.160. The second-order valence-corrected chi connectivity index (χ2v) is 4.58. The molecule has 1 atom stereocenters. The molecule has 0 aromatic carbocycles. The van der Waals surface area contributed by atoms with Gasteiger partial charge in [0.2, 0.25) is 0 Å². The number of hydrogen-bond donors (Lipinski definition) is 2. The number of rotatable bonds is 6. The van der Waals surface area contributed by atoms with Crippen LogP contribution in [-0.4, -0.2) is 43.7 Å². The van der Waals surface area contributed by atoms with Crippen molar-refractivity contribution in [3.63, 3.8) is 0 Å². The van der Waals surface area contributed by atoms with Crippen molar-refractivity contribution in [2.45, 2.75) is 31.8 Å². The minimum Gasteiger partial charge on any atom is -0.389 e. The molecular weight excluding hydrogens is 194 g/mol. The predicted octanol–water partition coefficient (Wildman–Crippen LogP) is 0.529. The minimum absolute atomic E-state index is 0.285. The molecule has 1 aliphatic heterocycles. The van der Waals surface area contributed by atoms with Crippen LogP contribution < -0.4 is 5.73 Å². The summed E-state index contributed by atoms with van der Waals surface area (Å²) in [6.07, 6.45) is 2.79. The molecule has 1 saturated heterocycles. The van der Waals surface area contributed by atoms with Gasteiger partial charge in [-0.15, -0.1) is 0 Å². The van der Waals surface area contributed by atoms with Crippen LogP contribution in [0.5, 0.6) is 0 Å². The molecular formula is C11H23NO3. The summed E-state index contributed by atoms with van der Waals surface area (Å²) in [6, 6.07) is 0. The molecule has 1 aliphatic rings. The SMILES string of the molecule is CC(O)(CN)CCOCC1CCOCC1. The summed E-state index contributed by atoms with van der Waals surface area (Å²) in [5.41, 5.74) is 4.63. The lowest BCUT2D eigenvalue weighted by Gasteiger charge is -2.24. The van der Waals surface area contributed by atoms with Crippen LogP contribution in [0.25, 0.3) is 0 Å². The van der Waals surface area contributed by atoms with Gasteiger partial charge in [-0.3, -0.25) is 0 Å². The number of ether oxygens (including phenoxy) is 2. The van der Waals surface area contributed by atoms with Gasteiger partial charge in [-0.25, -0.2) is 0 Å². The largest absolute Gasteiger partial charge is 0.389 e. The Balaban J connectivity index is 2.00. The maximum atomic E-state index is 9.64. The molecule has 1 fully saturated rings. The molecule has 0 aromatic rings. The molecule has 4 heteroatoms. The highest BCUT2D eigenvalue weighted by Crippen LogP contribution is 2.15. The van der Waals surface area contributed by atoms with Crippen LogP contribution in [0.4, 0.5) is 0 Å². The normalized spacial score (nSPS) is 22.6. The molecule has 15 heavy (non-hydrogen) atoms. The first-order valence-electron chi connectivity index (χ1n) is 5.72. The molecule has 0 saturated carbocycles. The van der Waals surface area contributed by atoms with Gasteiger partial charge in [0.25, 0.3) is 0 Å². The molecule has 0 aliphatic carbocycles. The zero-order valence-corrected chi connectivity index (χ0v) is 9.58. The van der Waals surface area contributed by atoms with Gasteiger partial charge in [0, 0.05) is 39.4 Å². The van der Waals surface area contributed by atoms with Gasteiger partial charge in [0.05, 0.1) is 5.60 Å². The molecule has 4 nitrogen and oxygen atoms in total. The van der Waals surface area contributed by atoms with Crippen LogP contribution in [0.15, 0.2) is 0 Å². The zero-order valence-electron chi connectivity index (χ0n) is 9.58. The van der Waals surface area contributed by atoms with Crippen LogP contribution in [0.2, 0.25) is 0 Å². The van der Waals surface area contributed by atoms with Crippen LogP contribution in [0.3, 0.4) is 0 Å². The zero-order chi connectivity index (χ0) is 11.1. The standard InChI is InChI=1S/C11H23NO3/c1-11(13,9-12)4-7-15-8-10-2-5-14-6-3-10/h10,13H,2-9,12H2,1H3. The Labute approximate surface area is 91.7 Å². The fourth-order valence-electron chi connectivity index (χ4n) is 1.56. The van der Waals surface area contributed by atoms with E-state index in [1.54, 1.807) is 6.92 Å². The predicted molar refractivity (Wildman–Crippen MR) is 58.7 cm³/mol. The van der Waals surface area contributed by atoms with Gasteiger partial charge in [-0.2, -0.15) is 0 Å². The van der Waals surface area contributed by atoms with Crippen molar-refractivity contribution in [1.29, 1.82) is 0 Å². The van der Waals surface area contributed by atoms with Crippen molar-refractivity contribution in [3.8, 4) is 0 Å². The van der Waals surface area contributed by atoms with Crippen molar-refractivity contribution in [1.82, 2.24) is 0 Å². The van der Waals surface area contributed by atoms with Gasteiger partial charge in [0.15, 0.2) is 0 Å². The van der Waals surface area contributed by atoms with Gasteiger partial charge in [-0.1, -0.05) is 0 Å².